The third kappa shape index (κ3) is 4.10. The van der Waals surface area contributed by atoms with Crippen molar-refractivity contribution in [2.75, 3.05) is 7.11 Å². The number of methoxy groups -OCH3 is 1. The lowest BCUT2D eigenvalue weighted by molar-refractivity contribution is -0.126. The quantitative estimate of drug-likeness (QED) is 0.365. The molecule has 0 aromatic heterocycles. The summed E-state index contributed by atoms with van der Waals surface area (Å²) in [5.41, 5.74) is 2.06. The zero-order valence-electron chi connectivity index (χ0n) is 16.9. The highest BCUT2D eigenvalue weighted by Crippen LogP contribution is 2.38. The van der Waals surface area contributed by atoms with Crippen molar-refractivity contribution in [1.82, 2.24) is 0 Å². The standard InChI is InChI=1S/C19H12B3F2NO7S/c1-30-17(27)12-7-4-10(8-13(12)24)18(20)15(26)14(16(25)31-18)32-33(28,29)19(21,22)9-2-5-11(23)6-3-9/h2-8H,25H2,1H3/t18-/m0/s1. The van der Waals surface area contributed by atoms with E-state index in [2.05, 4.69) is 4.74 Å². The zero-order valence-corrected chi connectivity index (χ0v) is 17.7. The van der Waals surface area contributed by atoms with Crippen molar-refractivity contribution >= 4 is 45.4 Å². The lowest BCUT2D eigenvalue weighted by Crippen LogP contribution is -2.40. The Morgan fingerprint density at radius 1 is 1.15 bits per heavy atom. The van der Waals surface area contributed by atoms with Crippen molar-refractivity contribution < 1.29 is 40.4 Å². The summed E-state index contributed by atoms with van der Waals surface area (Å²) in [7, 11) is 13.3. The number of carbonyl (C=O) groups is 2. The molecule has 164 valence electrons. The van der Waals surface area contributed by atoms with Crippen LogP contribution in [0.25, 0.3) is 0 Å². The maximum atomic E-state index is 14.3. The first-order chi connectivity index (χ1) is 15.2. The molecule has 8 nitrogen and oxygen atoms in total. The molecule has 0 fully saturated rings. The smallest absolute Gasteiger partial charge is 0.340 e. The summed E-state index contributed by atoms with van der Waals surface area (Å²) in [6.45, 7) is 0. The predicted molar refractivity (Wildman–Crippen MR) is 112 cm³/mol. The van der Waals surface area contributed by atoms with Gasteiger partial charge in [-0.2, -0.15) is 8.42 Å². The van der Waals surface area contributed by atoms with E-state index >= 15 is 0 Å². The van der Waals surface area contributed by atoms with Crippen molar-refractivity contribution in [3.8, 4) is 0 Å². The maximum Gasteiger partial charge on any atom is 0.340 e. The van der Waals surface area contributed by atoms with Crippen LogP contribution in [0.4, 0.5) is 8.78 Å². The Morgan fingerprint density at radius 3 is 2.30 bits per heavy atom. The minimum absolute atomic E-state index is 0.270. The van der Waals surface area contributed by atoms with Crippen LogP contribution in [0.15, 0.2) is 54.1 Å². The van der Waals surface area contributed by atoms with E-state index in [0.29, 0.717) is 6.07 Å². The summed E-state index contributed by atoms with van der Waals surface area (Å²) in [4.78, 5) is 24.4. The van der Waals surface area contributed by atoms with Gasteiger partial charge < -0.3 is 19.4 Å². The fraction of sp³-hybridized carbons (Fsp3) is 0.158. The van der Waals surface area contributed by atoms with Crippen molar-refractivity contribution in [2.45, 2.75) is 10.0 Å². The molecule has 0 bridgehead atoms. The molecule has 0 unspecified atom stereocenters. The first kappa shape index (κ1) is 24.4. The van der Waals surface area contributed by atoms with E-state index in [1.165, 1.54) is 0 Å². The SMILES string of the molecule is [B]C([B])(c1ccc(F)cc1)S(=O)(=O)OC1=C(N)O[C@@]([B])(c2ccc(C(=O)OC)c(F)c2)C1=O. The largest absolute Gasteiger partial charge is 0.467 e. The summed E-state index contributed by atoms with van der Waals surface area (Å²) in [6.07, 6.45) is 0. The molecular formula is C19H12B3F2NO7S. The van der Waals surface area contributed by atoms with Gasteiger partial charge in [-0.25, -0.2) is 13.6 Å². The van der Waals surface area contributed by atoms with Crippen LogP contribution in [-0.4, -0.2) is 50.8 Å². The number of halogens is 2. The van der Waals surface area contributed by atoms with Gasteiger partial charge in [0.25, 0.3) is 0 Å². The summed E-state index contributed by atoms with van der Waals surface area (Å²) in [5, 5.41) is 0. The molecule has 1 heterocycles. The molecule has 3 rings (SSSR count). The summed E-state index contributed by atoms with van der Waals surface area (Å²) < 4.78 is 64.5. The van der Waals surface area contributed by atoms with Crippen molar-refractivity contribution in [2.24, 2.45) is 5.73 Å². The Labute approximate surface area is 191 Å². The number of hydrogen-bond donors (Lipinski definition) is 1. The predicted octanol–water partition coefficient (Wildman–Crippen LogP) is 0.294. The van der Waals surface area contributed by atoms with Gasteiger partial charge in [0.1, 0.15) is 19.5 Å². The molecule has 0 saturated heterocycles. The van der Waals surface area contributed by atoms with Gasteiger partial charge in [-0.15, -0.1) is 0 Å². The molecule has 2 N–H and O–H groups in total. The van der Waals surface area contributed by atoms with Crippen LogP contribution in [0.2, 0.25) is 0 Å². The third-order valence-corrected chi connectivity index (χ3v) is 6.19. The Bertz CT molecular complexity index is 1280. The number of hydrogen-bond acceptors (Lipinski definition) is 8. The second kappa shape index (κ2) is 8.25. The van der Waals surface area contributed by atoms with E-state index in [0.717, 1.165) is 43.5 Å². The van der Waals surface area contributed by atoms with Crippen molar-refractivity contribution in [1.29, 1.82) is 0 Å². The van der Waals surface area contributed by atoms with Crippen LogP contribution in [-0.2, 0) is 38.6 Å². The highest BCUT2D eigenvalue weighted by Gasteiger charge is 2.50. The monoisotopic (exact) mass is 469 g/mol. The molecule has 0 saturated carbocycles. The Hall–Kier alpha value is -3.28. The average molecular weight is 469 g/mol. The molecule has 1 aliphatic rings. The molecule has 33 heavy (non-hydrogen) atoms. The first-order valence-corrected chi connectivity index (χ1v) is 10.3. The topological polar surface area (TPSA) is 122 Å². The number of ether oxygens (including phenoxy) is 2. The van der Waals surface area contributed by atoms with Crippen LogP contribution in [0.1, 0.15) is 21.5 Å². The Morgan fingerprint density at radius 2 is 1.76 bits per heavy atom. The van der Waals surface area contributed by atoms with Gasteiger partial charge in [0, 0.05) is 0 Å². The fourth-order valence-corrected chi connectivity index (χ4v) is 3.81. The summed E-state index contributed by atoms with van der Waals surface area (Å²) in [5.74, 6) is -5.98. The molecule has 1 aliphatic heterocycles. The van der Waals surface area contributed by atoms with Gasteiger partial charge in [-0.05, 0) is 35.4 Å². The molecular weight excluding hydrogens is 457 g/mol. The fourth-order valence-electron chi connectivity index (χ4n) is 2.87. The van der Waals surface area contributed by atoms with E-state index in [4.69, 9.17) is 38.2 Å². The molecule has 0 spiro atoms. The van der Waals surface area contributed by atoms with Crippen molar-refractivity contribution in [3.63, 3.8) is 0 Å². The van der Waals surface area contributed by atoms with E-state index < -0.39 is 60.8 Å². The lowest BCUT2D eigenvalue weighted by Gasteiger charge is -2.26. The van der Waals surface area contributed by atoms with Crippen LogP contribution >= 0.6 is 0 Å². The Balaban J connectivity index is 1.93. The highest BCUT2D eigenvalue weighted by molar-refractivity contribution is 7.90. The highest BCUT2D eigenvalue weighted by atomic mass is 32.2. The number of carbonyl (C=O) groups excluding carboxylic acids is 2. The van der Waals surface area contributed by atoms with Gasteiger partial charge >= 0.3 is 16.1 Å². The molecule has 1 atom stereocenters. The first-order valence-electron chi connectivity index (χ1n) is 8.93. The molecule has 14 heteroatoms. The molecule has 2 aromatic rings. The van der Waals surface area contributed by atoms with E-state index in [1.54, 1.807) is 0 Å². The second-order valence-electron chi connectivity index (χ2n) is 6.88. The van der Waals surface area contributed by atoms with E-state index in [1.807, 2.05) is 0 Å². The van der Waals surface area contributed by atoms with Gasteiger partial charge in [0.15, 0.2) is 5.50 Å². The lowest BCUT2D eigenvalue weighted by atomic mass is 9.65. The van der Waals surface area contributed by atoms with Gasteiger partial charge in [-0.3, -0.25) is 4.79 Å². The number of benzene rings is 2. The summed E-state index contributed by atoms with van der Waals surface area (Å²) >= 11 is 0. The minimum atomic E-state index is -5.03. The second-order valence-corrected chi connectivity index (χ2v) is 8.63. The Kier molecular flexibility index (Phi) is 6.09. The summed E-state index contributed by atoms with van der Waals surface area (Å²) in [6, 6.07) is 6.59. The minimum Gasteiger partial charge on any atom is -0.467 e. The number of Topliss-reactive ketones (excluding diaryl/α,β-unsaturated/α-hetero) is 1. The van der Waals surface area contributed by atoms with Gasteiger partial charge in [0.05, 0.1) is 32.9 Å². The van der Waals surface area contributed by atoms with Crippen LogP contribution in [0, 0.1) is 11.6 Å². The zero-order chi connectivity index (χ0) is 24.8. The average Bonchev–Trinajstić information content (AvgIpc) is 2.97. The van der Waals surface area contributed by atoms with E-state index in [-0.39, 0.29) is 11.1 Å². The van der Waals surface area contributed by atoms with Gasteiger partial charge in [-0.1, -0.05) is 18.2 Å². The number of ketones is 1. The molecule has 0 amide bonds. The van der Waals surface area contributed by atoms with Crippen LogP contribution in [0.3, 0.4) is 0 Å². The number of nitrogens with two attached hydrogens (primary N) is 1. The van der Waals surface area contributed by atoms with E-state index in [9.17, 15) is 26.8 Å². The van der Waals surface area contributed by atoms with Crippen molar-refractivity contribution in [3.05, 3.63) is 82.4 Å². The third-order valence-electron chi connectivity index (χ3n) is 4.74. The number of esters is 1. The maximum absolute atomic E-state index is 14.3. The van der Waals surface area contributed by atoms with Gasteiger partial charge in [0.2, 0.25) is 17.4 Å². The van der Waals surface area contributed by atoms with Crippen LogP contribution in [0.5, 0.6) is 0 Å². The number of rotatable bonds is 6. The molecule has 6 radical (unpaired) electrons. The molecule has 2 aromatic carbocycles. The molecule has 0 aliphatic carbocycles. The normalized spacial score (nSPS) is 18.7. The van der Waals surface area contributed by atoms with Crippen LogP contribution < -0.4 is 5.73 Å².